The zero-order valence-corrected chi connectivity index (χ0v) is 11.7. The minimum atomic E-state index is -0.0937. The molecule has 0 radical (unpaired) electrons. The Kier molecular flexibility index (Phi) is 3.47. The summed E-state index contributed by atoms with van der Waals surface area (Å²) in [6.45, 7) is 1.48. The number of nitrogens with one attached hydrogen (secondary N) is 2. The van der Waals surface area contributed by atoms with Crippen molar-refractivity contribution in [2.24, 2.45) is 17.8 Å². The molecule has 2 N–H and O–H groups in total. The van der Waals surface area contributed by atoms with Gasteiger partial charge in [-0.1, -0.05) is 12.8 Å². The van der Waals surface area contributed by atoms with Crippen LogP contribution in [-0.2, 0) is 9.59 Å². The van der Waals surface area contributed by atoms with Crippen LogP contribution < -0.4 is 10.6 Å². The number of carbonyl (C=O) groups excluding carboxylic acids is 2. The van der Waals surface area contributed by atoms with Crippen molar-refractivity contribution < 1.29 is 9.59 Å². The Morgan fingerprint density at radius 3 is 1.95 bits per heavy atom. The van der Waals surface area contributed by atoms with Gasteiger partial charge in [0.1, 0.15) is 0 Å². The lowest BCUT2D eigenvalue weighted by molar-refractivity contribution is -0.118. The highest BCUT2D eigenvalue weighted by Crippen LogP contribution is 2.55. The summed E-state index contributed by atoms with van der Waals surface area (Å²) < 4.78 is 0. The van der Waals surface area contributed by atoms with Gasteiger partial charge in [0.15, 0.2) is 0 Å². The van der Waals surface area contributed by atoms with E-state index in [1.54, 1.807) is 12.1 Å². The molecular weight excluding hydrogens is 252 g/mol. The fourth-order valence-corrected chi connectivity index (χ4v) is 3.45. The van der Waals surface area contributed by atoms with Gasteiger partial charge in [-0.15, -0.1) is 0 Å². The summed E-state index contributed by atoms with van der Waals surface area (Å²) in [4.78, 5) is 23.2. The van der Waals surface area contributed by atoms with Gasteiger partial charge < -0.3 is 10.6 Å². The van der Waals surface area contributed by atoms with Crippen LogP contribution in [0.3, 0.4) is 0 Å². The SMILES string of the molecule is CC(=O)Nc1ccc(NC(=O)C2C3CCCCC32)cc1. The predicted octanol–water partition coefficient (Wildman–Crippen LogP) is 3.02. The standard InChI is InChI=1S/C16H20N2O2/c1-10(19)17-11-6-8-12(9-7-11)18-16(20)15-13-4-2-3-5-14(13)15/h6-9,13-15H,2-5H2,1H3,(H,17,19)(H,18,20). The van der Waals surface area contributed by atoms with Crippen LogP contribution in [0.4, 0.5) is 11.4 Å². The third-order valence-corrected chi connectivity index (χ3v) is 4.43. The van der Waals surface area contributed by atoms with Gasteiger partial charge >= 0.3 is 0 Å². The van der Waals surface area contributed by atoms with E-state index in [2.05, 4.69) is 10.6 Å². The van der Waals surface area contributed by atoms with E-state index in [1.165, 1.54) is 32.6 Å². The first-order valence-electron chi connectivity index (χ1n) is 7.33. The Morgan fingerprint density at radius 2 is 1.45 bits per heavy atom. The van der Waals surface area contributed by atoms with Crippen molar-refractivity contribution in [3.8, 4) is 0 Å². The third kappa shape index (κ3) is 2.69. The molecule has 20 heavy (non-hydrogen) atoms. The molecule has 1 aromatic rings. The number of carbonyl (C=O) groups is 2. The Hall–Kier alpha value is -1.84. The minimum absolute atomic E-state index is 0.0937. The molecule has 2 unspecified atom stereocenters. The summed E-state index contributed by atoms with van der Waals surface area (Å²) >= 11 is 0. The maximum Gasteiger partial charge on any atom is 0.228 e. The summed E-state index contributed by atoms with van der Waals surface area (Å²) in [6, 6.07) is 7.26. The Balaban J connectivity index is 1.58. The first-order valence-corrected chi connectivity index (χ1v) is 7.33. The molecule has 2 atom stereocenters. The summed E-state index contributed by atoms with van der Waals surface area (Å²) in [6.07, 6.45) is 4.97. The van der Waals surface area contributed by atoms with E-state index in [9.17, 15) is 9.59 Å². The molecule has 2 aliphatic carbocycles. The zero-order valence-electron chi connectivity index (χ0n) is 11.7. The Labute approximate surface area is 118 Å². The fourth-order valence-electron chi connectivity index (χ4n) is 3.45. The van der Waals surface area contributed by atoms with Crippen LogP contribution in [0.25, 0.3) is 0 Å². The largest absolute Gasteiger partial charge is 0.326 e. The van der Waals surface area contributed by atoms with Crippen LogP contribution in [0.2, 0.25) is 0 Å². The molecule has 2 aliphatic rings. The van der Waals surface area contributed by atoms with Crippen molar-refractivity contribution in [1.82, 2.24) is 0 Å². The lowest BCUT2D eigenvalue weighted by Crippen LogP contribution is -2.15. The van der Waals surface area contributed by atoms with Gasteiger partial charge in [-0.25, -0.2) is 0 Å². The molecule has 3 rings (SSSR count). The molecule has 0 bridgehead atoms. The minimum Gasteiger partial charge on any atom is -0.326 e. The lowest BCUT2D eigenvalue weighted by atomic mass is 10.0. The highest BCUT2D eigenvalue weighted by Gasteiger charge is 2.54. The van der Waals surface area contributed by atoms with Crippen molar-refractivity contribution in [3.05, 3.63) is 24.3 Å². The second-order valence-electron chi connectivity index (χ2n) is 5.89. The molecule has 4 nitrogen and oxygen atoms in total. The molecule has 0 aliphatic heterocycles. The molecule has 0 heterocycles. The Morgan fingerprint density at radius 1 is 0.950 bits per heavy atom. The zero-order chi connectivity index (χ0) is 14.1. The number of benzene rings is 1. The second-order valence-corrected chi connectivity index (χ2v) is 5.89. The number of hydrogen-bond donors (Lipinski definition) is 2. The highest BCUT2D eigenvalue weighted by atomic mass is 16.2. The van der Waals surface area contributed by atoms with Crippen LogP contribution >= 0.6 is 0 Å². The van der Waals surface area contributed by atoms with Gasteiger partial charge in [0, 0.05) is 24.2 Å². The molecule has 1 aromatic carbocycles. The average molecular weight is 272 g/mol. The van der Waals surface area contributed by atoms with E-state index in [0.717, 1.165) is 11.4 Å². The third-order valence-electron chi connectivity index (χ3n) is 4.43. The van der Waals surface area contributed by atoms with Gasteiger partial charge in [0.05, 0.1) is 0 Å². The maximum absolute atomic E-state index is 12.2. The average Bonchev–Trinajstić information content (AvgIpc) is 3.15. The van der Waals surface area contributed by atoms with E-state index < -0.39 is 0 Å². The van der Waals surface area contributed by atoms with Crippen LogP contribution in [0.1, 0.15) is 32.6 Å². The Bertz CT molecular complexity index is 512. The number of fused-ring (bicyclic) bond motifs is 1. The van der Waals surface area contributed by atoms with Crippen molar-refractivity contribution in [2.45, 2.75) is 32.6 Å². The summed E-state index contributed by atoms with van der Waals surface area (Å²) in [5.74, 6) is 1.55. The van der Waals surface area contributed by atoms with E-state index in [-0.39, 0.29) is 17.7 Å². The van der Waals surface area contributed by atoms with Gasteiger partial charge in [0.2, 0.25) is 11.8 Å². The van der Waals surface area contributed by atoms with Gasteiger partial charge in [-0.2, -0.15) is 0 Å². The topological polar surface area (TPSA) is 58.2 Å². The molecule has 4 heteroatoms. The number of anilines is 2. The summed E-state index contributed by atoms with van der Waals surface area (Å²) in [5, 5.41) is 5.70. The number of rotatable bonds is 3. The molecule has 0 saturated heterocycles. The summed E-state index contributed by atoms with van der Waals surface area (Å²) in [7, 11) is 0. The normalized spacial score (nSPS) is 27.4. The van der Waals surface area contributed by atoms with Crippen molar-refractivity contribution in [2.75, 3.05) is 10.6 Å². The van der Waals surface area contributed by atoms with Crippen LogP contribution in [0, 0.1) is 17.8 Å². The molecular formula is C16H20N2O2. The van der Waals surface area contributed by atoms with Crippen molar-refractivity contribution >= 4 is 23.2 Å². The van der Waals surface area contributed by atoms with Gasteiger partial charge in [-0.05, 0) is 48.9 Å². The van der Waals surface area contributed by atoms with Gasteiger partial charge in [-0.3, -0.25) is 9.59 Å². The predicted molar refractivity (Wildman–Crippen MR) is 78.3 cm³/mol. The first-order chi connectivity index (χ1) is 9.65. The molecule has 0 spiro atoms. The van der Waals surface area contributed by atoms with Crippen molar-refractivity contribution in [3.63, 3.8) is 0 Å². The highest BCUT2D eigenvalue weighted by molar-refractivity contribution is 5.95. The smallest absolute Gasteiger partial charge is 0.228 e. The lowest BCUT2D eigenvalue weighted by Gasteiger charge is -2.06. The molecule has 2 amide bonds. The number of hydrogen-bond acceptors (Lipinski definition) is 2. The fraction of sp³-hybridized carbons (Fsp3) is 0.500. The van der Waals surface area contributed by atoms with E-state index in [4.69, 9.17) is 0 Å². The van der Waals surface area contributed by atoms with Crippen LogP contribution in [0.5, 0.6) is 0 Å². The van der Waals surface area contributed by atoms with Crippen LogP contribution in [-0.4, -0.2) is 11.8 Å². The molecule has 2 saturated carbocycles. The first kappa shape index (κ1) is 13.2. The maximum atomic E-state index is 12.2. The monoisotopic (exact) mass is 272 g/mol. The van der Waals surface area contributed by atoms with E-state index in [1.807, 2.05) is 12.1 Å². The van der Waals surface area contributed by atoms with E-state index in [0.29, 0.717) is 11.8 Å². The number of amides is 2. The summed E-state index contributed by atoms with van der Waals surface area (Å²) in [5.41, 5.74) is 1.54. The van der Waals surface area contributed by atoms with E-state index >= 15 is 0 Å². The molecule has 0 aromatic heterocycles. The molecule has 2 fully saturated rings. The second kappa shape index (κ2) is 5.27. The van der Waals surface area contributed by atoms with Crippen LogP contribution in [0.15, 0.2) is 24.3 Å². The molecule has 106 valence electrons. The van der Waals surface area contributed by atoms with Crippen molar-refractivity contribution in [1.29, 1.82) is 0 Å². The van der Waals surface area contributed by atoms with Gasteiger partial charge in [0.25, 0.3) is 0 Å². The quantitative estimate of drug-likeness (QED) is 0.888.